The minimum absolute atomic E-state index is 0.271. The Morgan fingerprint density at radius 2 is 2.27 bits per heavy atom. The molecule has 1 fully saturated rings. The van der Waals surface area contributed by atoms with Crippen LogP contribution in [-0.2, 0) is 0 Å². The van der Waals surface area contributed by atoms with Crippen molar-refractivity contribution in [3.8, 4) is 0 Å². The van der Waals surface area contributed by atoms with Gasteiger partial charge in [0.2, 0.25) is 6.17 Å². The lowest BCUT2D eigenvalue weighted by Crippen LogP contribution is -3.01. The SMILES string of the molecule is CC1CCC([N+](=O)[O-])C(N)[NH2+]1. The van der Waals surface area contributed by atoms with Gasteiger partial charge in [-0.2, -0.15) is 0 Å². The summed E-state index contributed by atoms with van der Waals surface area (Å²) in [5.41, 5.74) is 5.57. The van der Waals surface area contributed by atoms with E-state index in [-0.39, 0.29) is 11.1 Å². The van der Waals surface area contributed by atoms with Crippen molar-refractivity contribution in [2.75, 3.05) is 0 Å². The van der Waals surface area contributed by atoms with Crippen molar-refractivity contribution in [3.05, 3.63) is 10.1 Å². The maximum absolute atomic E-state index is 10.4. The molecule has 1 saturated heterocycles. The van der Waals surface area contributed by atoms with E-state index >= 15 is 0 Å². The zero-order chi connectivity index (χ0) is 8.43. The Bertz CT molecular complexity index is 162. The van der Waals surface area contributed by atoms with Crippen LogP contribution in [0.15, 0.2) is 0 Å². The van der Waals surface area contributed by atoms with Crippen LogP contribution in [0.3, 0.4) is 0 Å². The molecule has 4 N–H and O–H groups in total. The van der Waals surface area contributed by atoms with Gasteiger partial charge in [-0.15, -0.1) is 0 Å². The monoisotopic (exact) mass is 160 g/mol. The van der Waals surface area contributed by atoms with Gasteiger partial charge in [-0.25, -0.2) is 0 Å². The van der Waals surface area contributed by atoms with E-state index in [9.17, 15) is 10.1 Å². The van der Waals surface area contributed by atoms with Crippen LogP contribution in [-0.4, -0.2) is 23.2 Å². The highest BCUT2D eigenvalue weighted by atomic mass is 16.6. The first-order valence-electron chi connectivity index (χ1n) is 3.85. The van der Waals surface area contributed by atoms with Crippen LogP contribution in [0.25, 0.3) is 0 Å². The highest BCUT2D eigenvalue weighted by Gasteiger charge is 2.37. The molecule has 64 valence electrons. The summed E-state index contributed by atoms with van der Waals surface area (Å²) in [7, 11) is 0. The Labute approximate surface area is 65.1 Å². The molecule has 0 aromatic rings. The second-order valence-electron chi connectivity index (χ2n) is 3.18. The molecule has 5 heteroatoms. The first-order chi connectivity index (χ1) is 5.11. The summed E-state index contributed by atoms with van der Waals surface area (Å²) in [6.07, 6.45) is 1.15. The molecule has 1 aliphatic heterocycles. The Hall–Kier alpha value is -0.680. The number of quaternary nitrogens is 1. The third-order valence-electron chi connectivity index (χ3n) is 2.18. The number of hydrogen-bond donors (Lipinski definition) is 2. The summed E-state index contributed by atoms with van der Waals surface area (Å²) >= 11 is 0. The van der Waals surface area contributed by atoms with Crippen molar-refractivity contribution >= 4 is 0 Å². The number of piperidine rings is 1. The van der Waals surface area contributed by atoms with Crippen molar-refractivity contribution < 1.29 is 10.2 Å². The van der Waals surface area contributed by atoms with Crippen LogP contribution in [0.4, 0.5) is 0 Å². The number of rotatable bonds is 1. The van der Waals surface area contributed by atoms with Crippen molar-refractivity contribution in [1.29, 1.82) is 0 Å². The lowest BCUT2D eigenvalue weighted by molar-refractivity contribution is -0.761. The fourth-order valence-electron chi connectivity index (χ4n) is 1.48. The minimum atomic E-state index is -0.550. The molecule has 0 aromatic heterocycles. The van der Waals surface area contributed by atoms with E-state index in [0.29, 0.717) is 12.5 Å². The highest BCUT2D eigenvalue weighted by Crippen LogP contribution is 2.07. The molecule has 0 spiro atoms. The van der Waals surface area contributed by atoms with Crippen LogP contribution < -0.4 is 11.1 Å². The van der Waals surface area contributed by atoms with E-state index in [1.54, 1.807) is 0 Å². The van der Waals surface area contributed by atoms with E-state index in [4.69, 9.17) is 5.73 Å². The molecule has 1 rings (SSSR count). The first-order valence-corrected chi connectivity index (χ1v) is 3.85. The highest BCUT2D eigenvalue weighted by molar-refractivity contribution is 4.68. The summed E-state index contributed by atoms with van der Waals surface area (Å²) < 4.78 is 0. The number of nitro groups is 1. The van der Waals surface area contributed by atoms with Crippen LogP contribution in [0, 0.1) is 10.1 Å². The van der Waals surface area contributed by atoms with Gasteiger partial charge in [0.25, 0.3) is 6.04 Å². The molecular formula is C6H14N3O2+. The molecule has 0 saturated carbocycles. The summed E-state index contributed by atoms with van der Waals surface area (Å²) in [5, 5.41) is 12.2. The molecule has 3 atom stereocenters. The van der Waals surface area contributed by atoms with E-state index in [0.717, 1.165) is 6.42 Å². The standard InChI is InChI=1S/C6H13N3O2/c1-4-2-3-5(9(10)11)6(7)8-4/h4-6,8H,2-3,7H2,1H3/p+1. The summed E-state index contributed by atoms with van der Waals surface area (Å²) in [6.45, 7) is 2.04. The molecule has 11 heavy (non-hydrogen) atoms. The molecule has 5 nitrogen and oxygen atoms in total. The fraction of sp³-hybridized carbons (Fsp3) is 1.00. The van der Waals surface area contributed by atoms with Gasteiger partial charge in [-0.05, 0) is 6.92 Å². The average Bonchev–Trinajstić information content (AvgIpc) is 1.85. The second-order valence-corrected chi connectivity index (χ2v) is 3.18. The minimum Gasteiger partial charge on any atom is -0.324 e. The van der Waals surface area contributed by atoms with Crippen LogP contribution >= 0.6 is 0 Å². The molecule has 0 aliphatic carbocycles. The molecule has 0 amide bonds. The maximum atomic E-state index is 10.4. The number of nitrogens with zero attached hydrogens (tertiary/aromatic N) is 1. The largest absolute Gasteiger partial charge is 0.324 e. The molecule has 0 radical (unpaired) electrons. The lowest BCUT2D eigenvalue weighted by Gasteiger charge is -2.24. The topological polar surface area (TPSA) is 85.8 Å². The fourth-order valence-corrected chi connectivity index (χ4v) is 1.48. The van der Waals surface area contributed by atoms with Crippen molar-refractivity contribution in [2.24, 2.45) is 5.73 Å². The van der Waals surface area contributed by atoms with Gasteiger partial charge in [0, 0.05) is 17.8 Å². The Morgan fingerprint density at radius 1 is 1.64 bits per heavy atom. The summed E-state index contributed by atoms with van der Waals surface area (Å²) in [4.78, 5) is 10.1. The van der Waals surface area contributed by atoms with Gasteiger partial charge < -0.3 is 5.32 Å². The lowest BCUT2D eigenvalue weighted by atomic mass is 10.00. The molecular weight excluding hydrogens is 146 g/mol. The van der Waals surface area contributed by atoms with E-state index < -0.39 is 6.04 Å². The molecule has 3 unspecified atom stereocenters. The van der Waals surface area contributed by atoms with E-state index in [2.05, 4.69) is 0 Å². The maximum Gasteiger partial charge on any atom is 0.277 e. The van der Waals surface area contributed by atoms with Gasteiger partial charge in [0.15, 0.2) is 0 Å². The van der Waals surface area contributed by atoms with E-state index in [1.165, 1.54) is 0 Å². The van der Waals surface area contributed by atoms with Gasteiger partial charge in [-0.1, -0.05) is 0 Å². The molecule has 0 aromatic carbocycles. The Morgan fingerprint density at radius 3 is 2.73 bits per heavy atom. The van der Waals surface area contributed by atoms with Crippen molar-refractivity contribution in [3.63, 3.8) is 0 Å². The van der Waals surface area contributed by atoms with Gasteiger partial charge in [0.1, 0.15) is 0 Å². The number of hydrogen-bond acceptors (Lipinski definition) is 3. The van der Waals surface area contributed by atoms with Gasteiger partial charge in [0.05, 0.1) is 6.04 Å². The van der Waals surface area contributed by atoms with Crippen LogP contribution in [0.5, 0.6) is 0 Å². The Kier molecular flexibility index (Phi) is 2.41. The van der Waals surface area contributed by atoms with Crippen LogP contribution in [0.2, 0.25) is 0 Å². The van der Waals surface area contributed by atoms with Gasteiger partial charge in [-0.3, -0.25) is 15.8 Å². The first kappa shape index (κ1) is 8.42. The van der Waals surface area contributed by atoms with Gasteiger partial charge >= 0.3 is 0 Å². The Balaban J connectivity index is 2.50. The zero-order valence-corrected chi connectivity index (χ0v) is 6.56. The average molecular weight is 160 g/mol. The molecule has 1 heterocycles. The van der Waals surface area contributed by atoms with Crippen LogP contribution in [0.1, 0.15) is 19.8 Å². The van der Waals surface area contributed by atoms with Crippen molar-refractivity contribution in [2.45, 2.75) is 38.0 Å². The zero-order valence-electron chi connectivity index (χ0n) is 6.56. The third kappa shape index (κ3) is 1.87. The van der Waals surface area contributed by atoms with E-state index in [1.807, 2.05) is 12.2 Å². The molecule has 1 aliphatic rings. The predicted molar refractivity (Wildman–Crippen MR) is 39.4 cm³/mol. The smallest absolute Gasteiger partial charge is 0.277 e. The summed E-state index contributed by atoms with van der Waals surface area (Å²) in [5.74, 6) is 0. The quantitative estimate of drug-likeness (QED) is 0.368. The third-order valence-corrected chi connectivity index (χ3v) is 2.18. The second kappa shape index (κ2) is 3.15. The van der Waals surface area contributed by atoms with Crippen molar-refractivity contribution in [1.82, 2.24) is 0 Å². The number of nitrogens with two attached hydrogens (primary N) is 2. The predicted octanol–water partition coefficient (Wildman–Crippen LogP) is -1.34. The molecule has 0 bridgehead atoms. The summed E-state index contributed by atoms with van der Waals surface area (Å²) in [6, 6.07) is -0.118. The normalized spacial score (nSPS) is 38.5.